The van der Waals surface area contributed by atoms with Crippen LogP contribution in [0.5, 0.6) is 0 Å². The van der Waals surface area contributed by atoms with E-state index in [-0.39, 0.29) is 12.0 Å². The van der Waals surface area contributed by atoms with Crippen molar-refractivity contribution in [1.29, 1.82) is 5.26 Å². The molecule has 0 fully saturated rings. The molecule has 2 aliphatic rings. The Labute approximate surface area is 283 Å². The molecule has 6 rings (SSSR count). The molecular weight excluding hydrogens is 579 g/mol. The zero-order valence-corrected chi connectivity index (χ0v) is 30.0. The molecule has 0 N–H and O–H groups in total. The van der Waals surface area contributed by atoms with Crippen LogP contribution in [0.25, 0.3) is 11.3 Å². The molecule has 4 nitrogen and oxygen atoms in total. The highest BCUT2D eigenvalue weighted by Gasteiger charge is 2.58. The number of hydrogen-bond donors (Lipinski definition) is 0. The largest absolute Gasteiger partial charge is 0.351 e. The van der Waals surface area contributed by atoms with Crippen LogP contribution in [-0.4, -0.2) is 10.2 Å². The van der Waals surface area contributed by atoms with E-state index in [1.54, 1.807) is 0 Å². The highest BCUT2D eigenvalue weighted by Crippen LogP contribution is 2.59. The van der Waals surface area contributed by atoms with E-state index in [1.807, 2.05) is 6.07 Å². The quantitative estimate of drug-likeness (QED) is 0.203. The van der Waals surface area contributed by atoms with Crippen LogP contribution in [0.3, 0.4) is 0 Å². The third-order valence-corrected chi connectivity index (χ3v) is 10.1. The minimum Gasteiger partial charge on any atom is -0.351 e. The Morgan fingerprint density at radius 3 is 1.68 bits per heavy atom. The van der Waals surface area contributed by atoms with E-state index in [9.17, 15) is 4.39 Å². The van der Waals surface area contributed by atoms with Crippen LogP contribution in [-0.2, 0) is 7.05 Å². The lowest BCUT2D eigenvalue weighted by Crippen LogP contribution is -2.59. The van der Waals surface area contributed by atoms with Crippen LogP contribution >= 0.6 is 0 Å². The van der Waals surface area contributed by atoms with Crippen molar-refractivity contribution in [1.82, 2.24) is 4.57 Å². The van der Waals surface area contributed by atoms with Gasteiger partial charge in [-0.25, -0.2) is 0 Å². The molecule has 5 heteroatoms. The first-order chi connectivity index (χ1) is 22.5. The average molecular weight is 633 g/mol. The Bertz CT molecular complexity index is 1670. The van der Waals surface area contributed by atoms with Crippen molar-refractivity contribution in [2.45, 2.75) is 98.1 Å². The Kier molecular flexibility index (Phi) is 11.4. The van der Waals surface area contributed by atoms with E-state index in [2.05, 4.69) is 175 Å². The van der Waals surface area contributed by atoms with Crippen molar-refractivity contribution >= 4 is 11.4 Å². The third kappa shape index (κ3) is 6.48. The second-order valence-corrected chi connectivity index (χ2v) is 13.8. The molecule has 3 aromatic carbocycles. The van der Waals surface area contributed by atoms with Crippen molar-refractivity contribution < 1.29 is 4.39 Å². The first kappa shape index (κ1) is 35.6. The fourth-order valence-electron chi connectivity index (χ4n) is 7.68. The number of hydrogen-bond acceptors (Lipinski definition) is 3. The van der Waals surface area contributed by atoms with Gasteiger partial charge in [0.2, 0.25) is 0 Å². The number of anilines is 2. The molecule has 0 aliphatic carbocycles. The molecule has 0 saturated carbocycles. The summed E-state index contributed by atoms with van der Waals surface area (Å²) in [5.74, 6) is 2.36. The molecule has 1 aromatic heterocycles. The van der Waals surface area contributed by atoms with E-state index in [4.69, 9.17) is 5.26 Å². The molecule has 2 aliphatic heterocycles. The second-order valence-electron chi connectivity index (χ2n) is 13.8. The van der Waals surface area contributed by atoms with E-state index >= 15 is 0 Å². The van der Waals surface area contributed by atoms with Crippen molar-refractivity contribution in [2.75, 3.05) is 9.80 Å². The van der Waals surface area contributed by atoms with Crippen molar-refractivity contribution in [3.63, 3.8) is 0 Å². The molecule has 3 heterocycles. The molecule has 3 unspecified atom stereocenters. The fourth-order valence-corrected chi connectivity index (χ4v) is 7.68. The summed E-state index contributed by atoms with van der Waals surface area (Å²) in [6.07, 6.45) is 8.21. The molecule has 0 amide bonds. The first-order valence-corrected chi connectivity index (χ1v) is 17.2. The SMILES string of the molecule is CCC(C)C12C(C)c3cccc(C(C)C)c3N1C=CN2c1c(C(C)C)cccc1C(C)C.Cn1cccc1-c1ccccc1.N#CF. The smallest absolute Gasteiger partial charge is 0.273 e. The van der Waals surface area contributed by atoms with Crippen LogP contribution < -0.4 is 9.80 Å². The van der Waals surface area contributed by atoms with E-state index in [0.717, 1.165) is 6.42 Å². The molecule has 0 radical (unpaired) electrons. The Balaban J connectivity index is 0.000000275. The van der Waals surface area contributed by atoms with Gasteiger partial charge in [-0.15, -0.1) is 4.39 Å². The van der Waals surface area contributed by atoms with Crippen LogP contribution in [0.4, 0.5) is 15.8 Å². The number of fused-ring (bicyclic) bond motifs is 3. The lowest BCUT2D eigenvalue weighted by molar-refractivity contribution is 0.265. The minimum atomic E-state index is -0.114. The third-order valence-electron chi connectivity index (χ3n) is 10.1. The number of halogens is 1. The van der Waals surface area contributed by atoms with Crippen molar-refractivity contribution in [3.05, 3.63) is 120 Å². The second kappa shape index (κ2) is 15.1. The maximum atomic E-state index is 9.60. The van der Waals surface area contributed by atoms with Gasteiger partial charge in [-0.3, -0.25) is 0 Å². The molecule has 3 atom stereocenters. The number of aromatic nitrogens is 1. The lowest BCUT2D eigenvalue weighted by Gasteiger charge is -2.50. The Hall–Kier alpha value is -4.30. The lowest BCUT2D eigenvalue weighted by atomic mass is 9.78. The van der Waals surface area contributed by atoms with Gasteiger partial charge < -0.3 is 14.4 Å². The first-order valence-electron chi connectivity index (χ1n) is 17.2. The topological polar surface area (TPSA) is 35.2 Å². The number of nitriles is 1. The summed E-state index contributed by atoms with van der Waals surface area (Å²) < 4.78 is 11.7. The Morgan fingerprint density at radius 1 is 0.723 bits per heavy atom. The number of rotatable bonds is 7. The van der Waals surface area contributed by atoms with Gasteiger partial charge in [-0.2, -0.15) is 5.26 Å². The zero-order valence-electron chi connectivity index (χ0n) is 30.0. The summed E-state index contributed by atoms with van der Waals surface area (Å²) in [6, 6.07) is 28.5. The number of aryl methyl sites for hydroxylation is 1. The van der Waals surface area contributed by atoms with Gasteiger partial charge >= 0.3 is 0 Å². The summed E-state index contributed by atoms with van der Waals surface area (Å²) in [5.41, 5.74) is 11.2. The van der Waals surface area contributed by atoms with Gasteiger partial charge in [-0.1, -0.05) is 129 Å². The van der Waals surface area contributed by atoms with Crippen LogP contribution in [0, 0.1) is 17.5 Å². The van der Waals surface area contributed by atoms with Gasteiger partial charge in [0.1, 0.15) is 5.66 Å². The maximum Gasteiger partial charge on any atom is 0.273 e. The summed E-state index contributed by atoms with van der Waals surface area (Å²) in [4.78, 5) is 5.33. The van der Waals surface area contributed by atoms with Crippen LogP contribution in [0.2, 0.25) is 0 Å². The number of benzene rings is 3. The molecule has 0 saturated heterocycles. The van der Waals surface area contributed by atoms with E-state index in [1.165, 1.54) is 44.9 Å². The highest BCUT2D eigenvalue weighted by atomic mass is 19.1. The normalized spacial score (nSPS) is 18.4. The molecule has 0 bridgehead atoms. The molecule has 0 spiro atoms. The molecule has 47 heavy (non-hydrogen) atoms. The van der Waals surface area contributed by atoms with Crippen molar-refractivity contribution in [2.24, 2.45) is 13.0 Å². The van der Waals surface area contributed by atoms with Crippen LogP contribution in [0.1, 0.15) is 115 Å². The van der Waals surface area contributed by atoms with Gasteiger partial charge in [-0.05, 0) is 70.0 Å². The maximum absolute atomic E-state index is 9.60. The predicted octanol–water partition coefficient (Wildman–Crippen LogP) is 11.8. The van der Waals surface area contributed by atoms with Gasteiger partial charge in [0.05, 0.1) is 0 Å². The van der Waals surface area contributed by atoms with Crippen molar-refractivity contribution in [3.8, 4) is 17.6 Å². The summed E-state index contributed by atoms with van der Waals surface area (Å²) in [5, 5.41) is 6.65. The summed E-state index contributed by atoms with van der Waals surface area (Å²) in [6.45, 7) is 21.3. The van der Waals surface area contributed by atoms with Gasteiger partial charge in [0.15, 0.2) is 0 Å². The molecule has 4 aromatic rings. The molecular formula is C42H53FN4. The highest BCUT2D eigenvalue weighted by molar-refractivity contribution is 5.79. The van der Waals surface area contributed by atoms with Gasteiger partial charge in [0, 0.05) is 48.6 Å². The number of nitrogens with zero attached hydrogens (tertiary/aromatic N) is 4. The molecule has 248 valence electrons. The summed E-state index contributed by atoms with van der Waals surface area (Å²) in [7, 11) is 2.06. The van der Waals surface area contributed by atoms with Gasteiger partial charge in [0.25, 0.3) is 6.32 Å². The average Bonchev–Trinajstić information content (AvgIpc) is 3.74. The summed E-state index contributed by atoms with van der Waals surface area (Å²) >= 11 is 0. The van der Waals surface area contributed by atoms with Crippen LogP contribution in [0.15, 0.2) is 97.5 Å². The van der Waals surface area contributed by atoms with E-state index < -0.39 is 0 Å². The number of para-hydroxylation sites is 2. The Morgan fingerprint density at radius 2 is 1.21 bits per heavy atom. The predicted molar refractivity (Wildman–Crippen MR) is 197 cm³/mol. The fraction of sp³-hybridized carbons (Fsp3) is 0.405. The minimum absolute atomic E-state index is 0.114. The standard InChI is InChI=1S/C30H42N2.C11H11N.CFN/c1-10-22(8)30-23(9)27-16-12-15-26(21(6)7)29(27)32(30)18-17-31(30)28-24(19(2)3)13-11-14-25(28)20(4)5;1-12-9-5-8-11(12)10-6-3-2-4-7-10;2-1-3/h11-23H,10H2,1-9H3;2-9H,1H3;. The zero-order chi connectivity index (χ0) is 34.5. The monoisotopic (exact) mass is 632 g/mol. The van der Waals surface area contributed by atoms with E-state index in [0.29, 0.717) is 29.6 Å².